The lowest BCUT2D eigenvalue weighted by Crippen LogP contribution is -2.16. The Morgan fingerprint density at radius 1 is 1.53 bits per heavy atom. The van der Waals surface area contributed by atoms with Crippen molar-refractivity contribution in [2.75, 3.05) is 0 Å². The van der Waals surface area contributed by atoms with Crippen molar-refractivity contribution in [2.45, 2.75) is 44.8 Å². The van der Waals surface area contributed by atoms with Crippen molar-refractivity contribution in [1.29, 1.82) is 0 Å². The number of aliphatic hydroxyl groups is 1. The number of hydrogen-bond donors (Lipinski definition) is 1. The van der Waals surface area contributed by atoms with Gasteiger partial charge in [0.2, 0.25) is 5.12 Å². The summed E-state index contributed by atoms with van der Waals surface area (Å²) in [5, 5.41) is 9.81. The van der Waals surface area contributed by atoms with Crippen molar-refractivity contribution in [2.24, 2.45) is 0 Å². The van der Waals surface area contributed by atoms with Gasteiger partial charge in [-0.3, -0.25) is 4.79 Å². The van der Waals surface area contributed by atoms with Crippen molar-refractivity contribution in [1.82, 2.24) is 0 Å². The highest BCUT2D eigenvalue weighted by molar-refractivity contribution is 8.16. The summed E-state index contributed by atoms with van der Waals surface area (Å²) < 4.78 is -0.533. The zero-order chi connectivity index (χ0) is 11.5. The number of carbonyl (C=O) groups is 1. The second kappa shape index (κ2) is 4.88. The molecule has 1 aliphatic heterocycles. The average molecular weight is 226 g/mol. The second-order valence-corrected chi connectivity index (χ2v) is 5.44. The fraction of sp³-hybridized carbons (Fsp3) is 0.583. The van der Waals surface area contributed by atoms with Gasteiger partial charge in [-0.2, -0.15) is 0 Å². The van der Waals surface area contributed by atoms with E-state index in [9.17, 15) is 9.90 Å². The number of allylic oxidation sites excluding steroid dienone is 1. The molecule has 15 heavy (non-hydrogen) atoms. The predicted molar refractivity (Wildman–Crippen MR) is 65.0 cm³/mol. The molecule has 1 aliphatic rings. The lowest BCUT2D eigenvalue weighted by molar-refractivity contribution is -0.107. The minimum absolute atomic E-state index is 0.0184. The maximum atomic E-state index is 11.4. The topological polar surface area (TPSA) is 37.3 Å². The maximum absolute atomic E-state index is 11.4. The van der Waals surface area contributed by atoms with Crippen LogP contribution < -0.4 is 0 Å². The third-order valence-electron chi connectivity index (χ3n) is 2.60. The molecule has 0 saturated heterocycles. The Kier molecular flexibility index (Phi) is 4.03. The molecule has 3 heteroatoms. The van der Waals surface area contributed by atoms with Gasteiger partial charge in [0.25, 0.3) is 0 Å². The van der Waals surface area contributed by atoms with Crippen LogP contribution >= 0.6 is 11.8 Å². The van der Waals surface area contributed by atoms with E-state index in [0.717, 1.165) is 19.3 Å². The molecule has 0 aromatic carbocycles. The molecule has 0 spiro atoms. The molecule has 84 valence electrons. The van der Waals surface area contributed by atoms with Crippen LogP contribution in [0.15, 0.2) is 23.5 Å². The van der Waals surface area contributed by atoms with Gasteiger partial charge in [-0.15, -0.1) is 0 Å². The van der Waals surface area contributed by atoms with Gasteiger partial charge >= 0.3 is 0 Å². The highest BCUT2D eigenvalue weighted by atomic mass is 32.2. The molecule has 0 unspecified atom stereocenters. The number of rotatable bonds is 4. The number of unbranched alkanes of at least 4 members (excludes halogenated alkanes) is 2. The van der Waals surface area contributed by atoms with Crippen LogP contribution in [-0.2, 0) is 4.79 Å². The van der Waals surface area contributed by atoms with Crippen molar-refractivity contribution in [3.8, 4) is 0 Å². The van der Waals surface area contributed by atoms with Gasteiger partial charge < -0.3 is 5.11 Å². The van der Waals surface area contributed by atoms with E-state index in [2.05, 4.69) is 13.0 Å². The van der Waals surface area contributed by atoms with E-state index < -0.39 is 4.75 Å². The molecule has 0 aromatic heterocycles. The monoisotopic (exact) mass is 226 g/mol. The van der Waals surface area contributed by atoms with Gasteiger partial charge in [-0.05, 0) is 20.3 Å². The Balaban J connectivity index is 2.69. The van der Waals surface area contributed by atoms with Crippen LogP contribution in [0.25, 0.3) is 0 Å². The van der Waals surface area contributed by atoms with Crippen LogP contribution in [0.3, 0.4) is 0 Å². The summed E-state index contributed by atoms with van der Waals surface area (Å²) in [4.78, 5) is 11.4. The smallest absolute Gasteiger partial charge is 0.219 e. The van der Waals surface area contributed by atoms with Crippen molar-refractivity contribution < 1.29 is 9.90 Å². The Morgan fingerprint density at radius 2 is 2.20 bits per heavy atom. The molecule has 1 rings (SSSR count). The molecule has 1 heterocycles. The third-order valence-corrected chi connectivity index (χ3v) is 3.84. The zero-order valence-corrected chi connectivity index (χ0v) is 10.4. The van der Waals surface area contributed by atoms with Crippen LogP contribution in [0.1, 0.15) is 40.0 Å². The summed E-state index contributed by atoms with van der Waals surface area (Å²) in [5.41, 5.74) is 0.489. The van der Waals surface area contributed by atoms with E-state index in [-0.39, 0.29) is 10.9 Å². The first-order chi connectivity index (χ1) is 7.01. The Bertz CT molecular complexity index is 318. The molecule has 0 aliphatic carbocycles. The molecule has 1 N–H and O–H groups in total. The Labute approximate surface area is 95.4 Å². The fourth-order valence-corrected chi connectivity index (χ4v) is 2.58. The minimum atomic E-state index is -0.533. The van der Waals surface area contributed by atoms with Gasteiger partial charge in [0.15, 0.2) is 0 Å². The summed E-state index contributed by atoms with van der Waals surface area (Å²) in [6.45, 7) is 5.70. The lowest BCUT2D eigenvalue weighted by atomic mass is 10.0. The largest absolute Gasteiger partial charge is 0.510 e. The van der Waals surface area contributed by atoms with E-state index in [4.69, 9.17) is 0 Å². The quantitative estimate of drug-likeness (QED) is 0.588. The predicted octanol–water partition coefficient (Wildman–Crippen LogP) is 3.60. The van der Waals surface area contributed by atoms with Gasteiger partial charge in [0.1, 0.15) is 5.76 Å². The van der Waals surface area contributed by atoms with E-state index >= 15 is 0 Å². The van der Waals surface area contributed by atoms with Crippen molar-refractivity contribution in [3.05, 3.63) is 23.5 Å². The summed E-state index contributed by atoms with van der Waals surface area (Å²) in [5.74, 6) is 0.213. The first-order valence-corrected chi connectivity index (χ1v) is 6.14. The molecule has 0 fully saturated rings. The highest BCUT2D eigenvalue weighted by Crippen LogP contribution is 2.43. The number of carbonyl (C=O) groups excluding carboxylic acids is 1. The number of thioether (sulfide) groups is 1. The van der Waals surface area contributed by atoms with Crippen LogP contribution in [0.4, 0.5) is 0 Å². The third kappa shape index (κ3) is 2.65. The molecule has 0 bridgehead atoms. The molecule has 2 nitrogen and oxygen atoms in total. The van der Waals surface area contributed by atoms with Gasteiger partial charge in [0.05, 0.1) is 4.75 Å². The Morgan fingerprint density at radius 3 is 2.67 bits per heavy atom. The summed E-state index contributed by atoms with van der Waals surface area (Å²) in [6.07, 6.45) is 7.31. The minimum Gasteiger partial charge on any atom is -0.510 e. The molecule has 0 amide bonds. The molecular formula is C12H18O2S. The number of aliphatic hydroxyl groups excluding tert-OH is 1. The normalized spacial score (nSPS) is 27.0. The lowest BCUT2D eigenvalue weighted by Gasteiger charge is -2.17. The average Bonchev–Trinajstić information content (AvgIpc) is 2.39. The van der Waals surface area contributed by atoms with E-state index in [0.29, 0.717) is 5.57 Å². The van der Waals surface area contributed by atoms with E-state index in [1.165, 1.54) is 11.8 Å². The van der Waals surface area contributed by atoms with Crippen LogP contribution in [-0.4, -0.2) is 15.0 Å². The van der Waals surface area contributed by atoms with Crippen molar-refractivity contribution in [3.63, 3.8) is 0 Å². The second-order valence-electron chi connectivity index (χ2n) is 4.01. The fourth-order valence-electron chi connectivity index (χ4n) is 1.53. The van der Waals surface area contributed by atoms with Gasteiger partial charge in [-0.25, -0.2) is 0 Å². The van der Waals surface area contributed by atoms with Gasteiger partial charge in [-0.1, -0.05) is 43.7 Å². The van der Waals surface area contributed by atoms with Crippen molar-refractivity contribution >= 4 is 16.9 Å². The molecule has 0 radical (unpaired) electrons. The first kappa shape index (κ1) is 12.4. The molecular weight excluding hydrogens is 208 g/mol. The van der Waals surface area contributed by atoms with Crippen LogP contribution in [0, 0.1) is 0 Å². The zero-order valence-electron chi connectivity index (χ0n) is 9.54. The van der Waals surface area contributed by atoms with Gasteiger partial charge in [0, 0.05) is 5.57 Å². The maximum Gasteiger partial charge on any atom is 0.219 e. The molecule has 1 atom stereocenters. The highest BCUT2D eigenvalue weighted by Gasteiger charge is 2.39. The standard InChI is InChI=1S/C12H18O2S/c1-4-5-6-7-8-12(3)10(13)9(2)11(14)15-12/h7-8,13H,4-6H2,1-3H3/t12-/m0/s1. The van der Waals surface area contributed by atoms with Crippen LogP contribution in [0.2, 0.25) is 0 Å². The SMILES string of the molecule is CCCCC=C[C@]1(C)SC(=O)C(C)=C1O. The molecule has 0 aromatic rings. The summed E-state index contributed by atoms with van der Waals surface area (Å²) in [6, 6.07) is 0. The summed E-state index contributed by atoms with van der Waals surface area (Å²) in [7, 11) is 0. The van der Waals surface area contributed by atoms with E-state index in [1.54, 1.807) is 6.92 Å². The summed E-state index contributed by atoms with van der Waals surface area (Å²) >= 11 is 1.19. The van der Waals surface area contributed by atoms with E-state index in [1.807, 2.05) is 13.0 Å². The Hall–Kier alpha value is -0.700. The number of hydrogen-bond acceptors (Lipinski definition) is 3. The molecule has 0 saturated carbocycles. The first-order valence-electron chi connectivity index (χ1n) is 5.32. The van der Waals surface area contributed by atoms with Crippen LogP contribution in [0.5, 0.6) is 0 Å².